The average molecular weight is 391 g/mol. The van der Waals surface area contributed by atoms with Crippen LogP contribution in [0, 0.1) is 33.5 Å². The minimum Gasteiger partial charge on any atom is -0.469 e. The second kappa shape index (κ2) is 4.86. The van der Waals surface area contributed by atoms with Crippen LogP contribution in [0.5, 0.6) is 0 Å². The van der Waals surface area contributed by atoms with Crippen molar-refractivity contribution in [3.05, 3.63) is 33.0 Å². The first kappa shape index (κ1) is 14.8. The van der Waals surface area contributed by atoms with Crippen molar-refractivity contribution in [2.45, 2.75) is 22.6 Å². The Balaban J connectivity index is 1.53. The predicted molar refractivity (Wildman–Crippen MR) is 92.9 cm³/mol. The molecule has 2 saturated carbocycles. The first-order chi connectivity index (χ1) is 12.1. The van der Waals surface area contributed by atoms with Gasteiger partial charge in [-0.05, 0) is 48.5 Å². The molecule has 1 saturated heterocycles. The molecule has 128 valence electrons. The lowest BCUT2D eigenvalue weighted by molar-refractivity contribution is -0.154. The van der Waals surface area contributed by atoms with Crippen molar-refractivity contribution in [2.75, 3.05) is 0 Å². The van der Waals surface area contributed by atoms with Crippen LogP contribution in [0.2, 0.25) is 0 Å². The van der Waals surface area contributed by atoms with Crippen LogP contribution in [0.15, 0.2) is 27.8 Å². The van der Waals surface area contributed by atoms with Gasteiger partial charge in [0, 0.05) is 10.1 Å². The molecule has 7 unspecified atom stereocenters. The third kappa shape index (κ3) is 1.77. The van der Waals surface area contributed by atoms with Crippen LogP contribution in [0.4, 0.5) is 0 Å². The monoisotopic (exact) mass is 391 g/mol. The molecule has 2 bridgehead atoms. The van der Waals surface area contributed by atoms with Gasteiger partial charge in [-0.15, -0.1) is 23.1 Å². The molecular weight excluding hydrogens is 378 g/mol. The maximum atomic E-state index is 12.3. The first-order valence-electron chi connectivity index (χ1n) is 8.32. The number of aromatic nitrogens is 1. The fourth-order valence-electron chi connectivity index (χ4n) is 5.60. The smallest absolute Gasteiger partial charge is 0.317 e. The van der Waals surface area contributed by atoms with Gasteiger partial charge < -0.3 is 14.1 Å². The lowest BCUT2D eigenvalue weighted by atomic mass is 9.69. The van der Waals surface area contributed by atoms with Crippen LogP contribution in [-0.2, 0) is 14.3 Å². The summed E-state index contributed by atoms with van der Waals surface area (Å²) in [6.07, 6.45) is 2.62. The van der Waals surface area contributed by atoms with Gasteiger partial charge in [0.1, 0.15) is 5.76 Å². The van der Waals surface area contributed by atoms with Crippen molar-refractivity contribution in [1.29, 1.82) is 0 Å². The highest BCUT2D eigenvalue weighted by Gasteiger charge is 2.69. The first-order valence-corrected chi connectivity index (χ1v) is 10.4. The molecule has 25 heavy (non-hydrogen) atoms. The summed E-state index contributed by atoms with van der Waals surface area (Å²) in [5.74, 6) is 0.475. The molecule has 2 aliphatic carbocycles. The number of aromatic amines is 1. The Kier molecular flexibility index (Phi) is 2.87. The molecule has 3 fully saturated rings. The van der Waals surface area contributed by atoms with Gasteiger partial charge in [0.25, 0.3) is 0 Å². The third-order valence-electron chi connectivity index (χ3n) is 6.31. The lowest BCUT2D eigenvalue weighted by Gasteiger charge is -2.41. The maximum Gasteiger partial charge on any atom is 0.317 e. The summed E-state index contributed by atoms with van der Waals surface area (Å²) >= 11 is 8.76. The number of H-pyrrole nitrogens is 1. The Morgan fingerprint density at radius 1 is 1.20 bits per heavy atom. The molecule has 2 aliphatic heterocycles. The van der Waals surface area contributed by atoms with E-state index in [1.165, 1.54) is 4.88 Å². The van der Waals surface area contributed by atoms with E-state index in [1.807, 2.05) is 12.1 Å². The van der Waals surface area contributed by atoms with E-state index in [-0.39, 0.29) is 52.7 Å². The number of hydrogen-bond acceptors (Lipinski definition) is 7. The Morgan fingerprint density at radius 2 is 2.00 bits per heavy atom. The molecule has 4 heterocycles. The largest absolute Gasteiger partial charge is 0.469 e. The number of thiazole rings is 1. The van der Waals surface area contributed by atoms with Crippen LogP contribution >= 0.6 is 35.3 Å². The van der Waals surface area contributed by atoms with E-state index in [0.717, 1.165) is 21.2 Å². The van der Waals surface area contributed by atoms with Gasteiger partial charge in [-0.2, -0.15) is 0 Å². The molecule has 8 heteroatoms. The summed E-state index contributed by atoms with van der Waals surface area (Å²) in [7, 11) is 0. The highest BCUT2D eigenvalue weighted by atomic mass is 32.2. The number of furan rings is 1. The van der Waals surface area contributed by atoms with E-state index in [4.69, 9.17) is 21.4 Å². The normalized spacial score (nSPS) is 40.7. The zero-order valence-electron chi connectivity index (χ0n) is 12.8. The van der Waals surface area contributed by atoms with E-state index in [9.17, 15) is 9.59 Å². The molecule has 0 radical (unpaired) electrons. The fraction of sp³-hybridized carbons (Fsp3) is 0.471. The molecule has 0 aromatic carbocycles. The highest BCUT2D eigenvalue weighted by molar-refractivity contribution is 8.00. The zero-order valence-corrected chi connectivity index (χ0v) is 15.3. The Morgan fingerprint density at radius 3 is 2.76 bits per heavy atom. The predicted octanol–water partition coefficient (Wildman–Crippen LogP) is 3.59. The Bertz CT molecular complexity index is 961. The second-order valence-electron chi connectivity index (χ2n) is 7.22. The van der Waals surface area contributed by atoms with Crippen molar-refractivity contribution in [2.24, 2.45) is 29.6 Å². The molecule has 0 spiro atoms. The summed E-state index contributed by atoms with van der Waals surface area (Å²) < 4.78 is 11.5. The van der Waals surface area contributed by atoms with Crippen molar-refractivity contribution in [1.82, 2.24) is 4.98 Å². The molecule has 4 aliphatic rings. The van der Waals surface area contributed by atoms with E-state index in [0.29, 0.717) is 0 Å². The molecule has 6 rings (SSSR count). The molecule has 0 amide bonds. The molecular formula is C17H13NO4S3. The van der Waals surface area contributed by atoms with Gasteiger partial charge in [0.05, 0.1) is 29.0 Å². The minimum atomic E-state index is -0.323. The van der Waals surface area contributed by atoms with Crippen LogP contribution in [0.3, 0.4) is 0 Å². The number of cyclic esters (lactones) is 2. The molecule has 2 aromatic rings. The SMILES string of the molecule is O=C1OC(=O)C2C3CC(C4Sc5[nH]c(=S)sc5C(c5ccco5)C34)C12. The molecule has 1 N–H and O–H groups in total. The average Bonchev–Trinajstić information content (AvgIpc) is 3.34. The number of nitrogens with one attached hydrogen (secondary N) is 1. The van der Waals surface area contributed by atoms with E-state index < -0.39 is 0 Å². The van der Waals surface area contributed by atoms with E-state index in [1.54, 1.807) is 29.4 Å². The highest BCUT2D eigenvalue weighted by Crippen LogP contribution is 2.68. The molecule has 5 nitrogen and oxygen atoms in total. The summed E-state index contributed by atoms with van der Waals surface area (Å²) in [5.41, 5.74) is 0. The van der Waals surface area contributed by atoms with Gasteiger partial charge in [0.2, 0.25) is 0 Å². The van der Waals surface area contributed by atoms with Crippen molar-refractivity contribution in [3.8, 4) is 0 Å². The number of thioether (sulfide) groups is 1. The van der Waals surface area contributed by atoms with Crippen LogP contribution in [0.25, 0.3) is 0 Å². The molecule has 2 aromatic heterocycles. The van der Waals surface area contributed by atoms with Gasteiger partial charge in [-0.25, -0.2) is 0 Å². The standard InChI is InChI=1S/C17H13NO4S3/c19-15-9-5-4-6(10(9)16(20)22-15)12-8(5)11(7-2-1-3-21-7)13-14(24-12)18-17(23)25-13/h1-3,5-6,8-12H,4H2,(H,18,23). The van der Waals surface area contributed by atoms with Gasteiger partial charge in [-0.3, -0.25) is 9.59 Å². The minimum absolute atomic E-state index is 0.0913. The summed E-state index contributed by atoms with van der Waals surface area (Å²) in [5, 5.41) is 1.38. The lowest BCUT2D eigenvalue weighted by Crippen LogP contribution is -2.42. The summed E-state index contributed by atoms with van der Waals surface area (Å²) in [4.78, 5) is 29.0. The number of carbonyl (C=O) groups excluding carboxylic acids is 2. The van der Waals surface area contributed by atoms with E-state index in [2.05, 4.69) is 4.98 Å². The summed E-state index contributed by atoms with van der Waals surface area (Å²) in [6, 6.07) is 3.91. The maximum absolute atomic E-state index is 12.3. The van der Waals surface area contributed by atoms with Crippen LogP contribution < -0.4 is 0 Å². The van der Waals surface area contributed by atoms with Crippen molar-refractivity contribution in [3.63, 3.8) is 0 Å². The number of hydrogen-bond donors (Lipinski definition) is 1. The van der Waals surface area contributed by atoms with Crippen molar-refractivity contribution < 1.29 is 18.7 Å². The van der Waals surface area contributed by atoms with E-state index >= 15 is 0 Å². The number of fused-ring (bicyclic) bond motifs is 9. The Hall–Kier alpha value is -1.38. The Labute approximate surface area is 156 Å². The summed E-state index contributed by atoms with van der Waals surface area (Å²) in [6.45, 7) is 0. The van der Waals surface area contributed by atoms with Gasteiger partial charge in [0.15, 0.2) is 3.95 Å². The number of ether oxygens (including phenoxy) is 1. The van der Waals surface area contributed by atoms with Crippen LogP contribution in [-0.4, -0.2) is 22.2 Å². The number of rotatable bonds is 1. The quantitative estimate of drug-likeness (QED) is 0.455. The van der Waals surface area contributed by atoms with Crippen molar-refractivity contribution >= 4 is 47.3 Å². The topological polar surface area (TPSA) is 72.3 Å². The zero-order chi connectivity index (χ0) is 16.9. The third-order valence-corrected chi connectivity index (χ3v) is 9.25. The van der Waals surface area contributed by atoms with Gasteiger partial charge in [-0.1, -0.05) is 0 Å². The van der Waals surface area contributed by atoms with Gasteiger partial charge >= 0.3 is 11.9 Å². The fourth-order valence-corrected chi connectivity index (χ4v) is 8.92. The van der Waals surface area contributed by atoms with Crippen LogP contribution in [0.1, 0.15) is 23.0 Å². The number of esters is 2. The number of carbonyl (C=O) groups is 2. The molecule has 7 atom stereocenters. The second-order valence-corrected chi connectivity index (χ2v) is 10.1.